The summed E-state index contributed by atoms with van der Waals surface area (Å²) < 4.78 is 32.2. The summed E-state index contributed by atoms with van der Waals surface area (Å²) in [5, 5.41) is 4.96. The number of halogens is 2. The first-order valence-corrected chi connectivity index (χ1v) is 8.02. The quantitative estimate of drug-likeness (QED) is 0.654. The Bertz CT molecular complexity index is 1020. The zero-order chi connectivity index (χ0) is 20.1. The van der Waals surface area contributed by atoms with E-state index in [0.29, 0.717) is 0 Å². The molecule has 142 valence electrons. The molecule has 0 saturated heterocycles. The number of benzene rings is 2. The van der Waals surface area contributed by atoms with E-state index in [2.05, 4.69) is 25.3 Å². The molecule has 0 aliphatic carbocycles. The van der Waals surface area contributed by atoms with Gasteiger partial charge in [0.2, 0.25) is 5.95 Å². The molecule has 3 aromatic rings. The van der Waals surface area contributed by atoms with Gasteiger partial charge in [-0.15, -0.1) is 0 Å². The largest absolute Gasteiger partial charge is 0.465 e. The number of para-hydroxylation sites is 2. The van der Waals surface area contributed by atoms with Crippen LogP contribution in [0.3, 0.4) is 0 Å². The van der Waals surface area contributed by atoms with E-state index in [1.807, 2.05) is 0 Å². The van der Waals surface area contributed by atoms with Gasteiger partial charge in [0, 0.05) is 6.20 Å². The summed E-state index contributed by atoms with van der Waals surface area (Å²) in [5.41, 5.74) is -0.114. The number of anilines is 3. The van der Waals surface area contributed by atoms with Gasteiger partial charge in [0.05, 0.1) is 18.4 Å². The molecule has 0 fully saturated rings. The summed E-state index contributed by atoms with van der Waals surface area (Å²) in [6.45, 7) is 0. The fourth-order valence-corrected chi connectivity index (χ4v) is 2.34. The van der Waals surface area contributed by atoms with Crippen LogP contribution in [0.5, 0.6) is 0 Å². The predicted octanol–water partition coefficient (Wildman–Crippen LogP) is 3.54. The van der Waals surface area contributed by atoms with Crippen LogP contribution in [-0.4, -0.2) is 29.0 Å². The van der Waals surface area contributed by atoms with Crippen LogP contribution in [0.15, 0.2) is 54.7 Å². The molecule has 1 heterocycles. The van der Waals surface area contributed by atoms with E-state index in [1.54, 1.807) is 12.1 Å². The lowest BCUT2D eigenvalue weighted by atomic mass is 10.1. The first-order valence-electron chi connectivity index (χ1n) is 8.02. The molecule has 0 radical (unpaired) electrons. The fraction of sp³-hybridized carbons (Fsp3) is 0.0526. The molecule has 0 saturated carbocycles. The Balaban J connectivity index is 1.83. The van der Waals surface area contributed by atoms with E-state index in [-0.39, 0.29) is 22.9 Å². The van der Waals surface area contributed by atoms with Crippen molar-refractivity contribution in [2.45, 2.75) is 0 Å². The highest BCUT2D eigenvalue weighted by Gasteiger charge is 2.16. The number of carbonyl (C=O) groups excluding carboxylic acids is 2. The summed E-state index contributed by atoms with van der Waals surface area (Å²) in [5.74, 6) is -3.08. The van der Waals surface area contributed by atoms with Crippen molar-refractivity contribution >= 4 is 29.2 Å². The van der Waals surface area contributed by atoms with E-state index >= 15 is 0 Å². The van der Waals surface area contributed by atoms with Crippen molar-refractivity contribution < 1.29 is 23.1 Å². The molecule has 0 aliphatic heterocycles. The molecule has 7 nitrogen and oxygen atoms in total. The van der Waals surface area contributed by atoms with E-state index in [1.165, 1.54) is 37.6 Å². The van der Waals surface area contributed by atoms with Gasteiger partial charge < -0.3 is 15.4 Å². The maximum atomic E-state index is 13.8. The van der Waals surface area contributed by atoms with Crippen molar-refractivity contribution in [3.8, 4) is 0 Å². The van der Waals surface area contributed by atoms with Crippen LogP contribution in [0.1, 0.15) is 20.8 Å². The number of aromatic nitrogens is 2. The van der Waals surface area contributed by atoms with Gasteiger partial charge in [-0.05, 0) is 30.3 Å². The van der Waals surface area contributed by atoms with Gasteiger partial charge in [0.15, 0.2) is 0 Å². The number of carbonyl (C=O) groups is 2. The highest BCUT2D eigenvalue weighted by atomic mass is 19.1. The highest BCUT2D eigenvalue weighted by Crippen LogP contribution is 2.21. The van der Waals surface area contributed by atoms with Gasteiger partial charge in [-0.1, -0.05) is 18.2 Å². The Morgan fingerprint density at radius 2 is 1.71 bits per heavy atom. The van der Waals surface area contributed by atoms with Gasteiger partial charge in [-0.3, -0.25) is 4.79 Å². The number of esters is 1. The number of ether oxygens (including phenoxy) is 1. The average molecular weight is 384 g/mol. The fourth-order valence-electron chi connectivity index (χ4n) is 2.34. The van der Waals surface area contributed by atoms with Crippen LogP contribution < -0.4 is 10.6 Å². The molecule has 2 aromatic carbocycles. The monoisotopic (exact) mass is 384 g/mol. The second kappa shape index (κ2) is 8.21. The third-order valence-corrected chi connectivity index (χ3v) is 3.67. The van der Waals surface area contributed by atoms with Crippen LogP contribution in [0.2, 0.25) is 0 Å². The first-order chi connectivity index (χ1) is 13.5. The summed E-state index contributed by atoms with van der Waals surface area (Å²) in [4.78, 5) is 32.1. The summed E-state index contributed by atoms with van der Waals surface area (Å²) in [7, 11) is 1.23. The van der Waals surface area contributed by atoms with Crippen molar-refractivity contribution in [3.63, 3.8) is 0 Å². The van der Waals surface area contributed by atoms with Crippen LogP contribution >= 0.6 is 0 Å². The van der Waals surface area contributed by atoms with Crippen molar-refractivity contribution in [2.24, 2.45) is 0 Å². The number of amides is 1. The summed E-state index contributed by atoms with van der Waals surface area (Å²) in [6, 6.07) is 11.0. The minimum Gasteiger partial charge on any atom is -0.465 e. The molecule has 0 bridgehead atoms. The smallest absolute Gasteiger partial charge is 0.339 e. The molecular formula is C19H14F2N4O3. The number of nitrogens with zero attached hydrogens (tertiary/aromatic N) is 2. The zero-order valence-electron chi connectivity index (χ0n) is 14.6. The van der Waals surface area contributed by atoms with Gasteiger partial charge in [0.1, 0.15) is 23.0 Å². The minimum absolute atomic E-state index is 0.0751. The summed E-state index contributed by atoms with van der Waals surface area (Å²) in [6.07, 6.45) is 1.26. The lowest BCUT2D eigenvalue weighted by Crippen LogP contribution is -2.17. The van der Waals surface area contributed by atoms with Gasteiger partial charge >= 0.3 is 5.97 Å². The van der Waals surface area contributed by atoms with E-state index < -0.39 is 29.2 Å². The Kier molecular flexibility index (Phi) is 5.54. The molecule has 0 aliphatic rings. The number of nitrogens with one attached hydrogen (secondary N) is 2. The molecule has 0 spiro atoms. The van der Waals surface area contributed by atoms with E-state index in [0.717, 1.165) is 12.1 Å². The van der Waals surface area contributed by atoms with Crippen LogP contribution in [0.25, 0.3) is 0 Å². The van der Waals surface area contributed by atoms with E-state index in [4.69, 9.17) is 0 Å². The highest BCUT2D eigenvalue weighted by molar-refractivity contribution is 6.07. The van der Waals surface area contributed by atoms with Gasteiger partial charge in [-0.25, -0.2) is 23.5 Å². The predicted molar refractivity (Wildman–Crippen MR) is 97.4 cm³/mol. The maximum Gasteiger partial charge on any atom is 0.339 e. The SMILES string of the molecule is COC(=O)c1ccccc1NC(=O)c1ccnc(Nc2c(F)cccc2F)n1. The molecule has 1 amide bonds. The third-order valence-electron chi connectivity index (χ3n) is 3.67. The van der Waals surface area contributed by atoms with Crippen molar-refractivity contribution in [3.05, 3.63) is 77.6 Å². The molecule has 0 atom stereocenters. The second-order valence-electron chi connectivity index (χ2n) is 5.48. The molecule has 2 N–H and O–H groups in total. The molecule has 28 heavy (non-hydrogen) atoms. The minimum atomic E-state index is -0.828. The number of hydrogen-bond acceptors (Lipinski definition) is 6. The molecule has 1 aromatic heterocycles. The van der Waals surface area contributed by atoms with Crippen LogP contribution in [0.4, 0.5) is 26.1 Å². The van der Waals surface area contributed by atoms with Crippen LogP contribution in [0, 0.1) is 11.6 Å². The topological polar surface area (TPSA) is 93.2 Å². The summed E-state index contributed by atoms with van der Waals surface area (Å²) >= 11 is 0. The Morgan fingerprint density at radius 1 is 1.00 bits per heavy atom. The zero-order valence-corrected chi connectivity index (χ0v) is 14.6. The molecule has 9 heteroatoms. The average Bonchev–Trinajstić information content (AvgIpc) is 2.71. The maximum absolute atomic E-state index is 13.8. The van der Waals surface area contributed by atoms with Crippen LogP contribution in [-0.2, 0) is 4.74 Å². The molecule has 3 rings (SSSR count). The molecular weight excluding hydrogens is 370 g/mol. The molecule has 0 unspecified atom stereocenters. The Hall–Kier alpha value is -3.88. The number of hydrogen-bond donors (Lipinski definition) is 2. The van der Waals surface area contributed by atoms with Crippen molar-refractivity contribution in [1.82, 2.24) is 9.97 Å². The van der Waals surface area contributed by atoms with Gasteiger partial charge in [-0.2, -0.15) is 0 Å². The Labute approximate surface area is 158 Å². The third kappa shape index (κ3) is 4.09. The lowest BCUT2D eigenvalue weighted by Gasteiger charge is -2.10. The normalized spacial score (nSPS) is 10.2. The Morgan fingerprint density at radius 3 is 2.43 bits per heavy atom. The second-order valence-corrected chi connectivity index (χ2v) is 5.48. The first kappa shape index (κ1) is 18.9. The standard InChI is InChI=1S/C19H14F2N4O3/c1-28-18(27)11-5-2-3-8-14(11)23-17(26)15-9-10-22-19(24-15)25-16-12(20)6-4-7-13(16)21/h2-10H,1H3,(H,23,26)(H,22,24,25). The van der Waals surface area contributed by atoms with E-state index in [9.17, 15) is 18.4 Å². The van der Waals surface area contributed by atoms with Gasteiger partial charge in [0.25, 0.3) is 5.91 Å². The number of methoxy groups -OCH3 is 1. The van der Waals surface area contributed by atoms with Crippen molar-refractivity contribution in [1.29, 1.82) is 0 Å². The number of rotatable bonds is 5. The van der Waals surface area contributed by atoms with Crippen molar-refractivity contribution in [2.75, 3.05) is 17.7 Å². The lowest BCUT2D eigenvalue weighted by molar-refractivity contribution is 0.0602.